The van der Waals surface area contributed by atoms with Crippen LogP contribution in [-0.2, 0) is 0 Å². The first kappa shape index (κ1) is 14.9. The topological polar surface area (TPSA) is 87.0 Å². The van der Waals surface area contributed by atoms with Crippen molar-refractivity contribution in [3.8, 4) is 5.75 Å². The summed E-state index contributed by atoms with van der Waals surface area (Å²) in [6, 6.07) is 4.19. The Balaban J connectivity index is 3.07. The molecule has 0 bridgehead atoms. The van der Waals surface area contributed by atoms with Crippen LogP contribution in [0.25, 0.3) is 0 Å². The molecule has 1 aromatic carbocycles. The number of aromatic carboxylic acids is 1. The van der Waals surface area contributed by atoms with Gasteiger partial charge >= 0.3 is 5.97 Å². The predicted molar refractivity (Wildman–Crippen MR) is 69.3 cm³/mol. The molecule has 0 saturated heterocycles. The van der Waals surface area contributed by atoms with Crippen LogP contribution in [0.3, 0.4) is 0 Å². The molecule has 0 amide bonds. The molecule has 0 radical (unpaired) electrons. The number of hydrogen-bond donors (Lipinski definition) is 3. The van der Waals surface area contributed by atoms with Gasteiger partial charge in [0.2, 0.25) is 0 Å². The minimum Gasteiger partial charge on any atom is -0.497 e. The molecule has 0 spiro atoms. The van der Waals surface area contributed by atoms with Gasteiger partial charge in [0.1, 0.15) is 11.9 Å². The molecule has 1 aromatic rings. The van der Waals surface area contributed by atoms with Crippen LogP contribution in [-0.4, -0.2) is 39.8 Å². The van der Waals surface area contributed by atoms with Crippen molar-refractivity contribution in [2.24, 2.45) is 0 Å². The molecule has 0 fully saturated rings. The predicted octanol–water partition coefficient (Wildman–Crippen LogP) is 1.57. The van der Waals surface area contributed by atoms with Gasteiger partial charge in [0.25, 0.3) is 0 Å². The van der Waals surface area contributed by atoms with E-state index in [2.05, 4.69) is 15.9 Å². The first-order valence-electron chi connectivity index (χ1n) is 5.34. The Morgan fingerprint density at radius 2 is 2.06 bits per heavy atom. The second-order valence-electron chi connectivity index (χ2n) is 3.79. The Bertz CT molecular complexity index is 421. The van der Waals surface area contributed by atoms with E-state index in [1.807, 2.05) is 0 Å². The van der Waals surface area contributed by atoms with Gasteiger partial charge in [0, 0.05) is 5.33 Å². The lowest BCUT2D eigenvalue weighted by molar-refractivity contribution is 0.0172. The van der Waals surface area contributed by atoms with Crippen molar-refractivity contribution in [2.45, 2.75) is 18.6 Å². The minimum atomic E-state index is -1.14. The fraction of sp³-hybridized carbons (Fsp3) is 0.417. The molecule has 5 nitrogen and oxygen atoms in total. The molecule has 1 rings (SSSR count). The SMILES string of the molecule is COc1cc(C(=O)O)cc(C(O)C(O)CCBr)c1. The highest BCUT2D eigenvalue weighted by Crippen LogP contribution is 2.25. The first-order chi connectivity index (χ1) is 8.49. The summed E-state index contributed by atoms with van der Waals surface area (Å²) >= 11 is 3.17. The van der Waals surface area contributed by atoms with E-state index < -0.39 is 18.2 Å². The third-order valence-corrected chi connectivity index (χ3v) is 2.98. The molecule has 0 aromatic heterocycles. The molecule has 0 saturated carbocycles. The summed E-state index contributed by atoms with van der Waals surface area (Å²) < 4.78 is 4.97. The van der Waals surface area contributed by atoms with Crippen LogP contribution in [0, 0.1) is 0 Å². The molecule has 6 heteroatoms. The van der Waals surface area contributed by atoms with Gasteiger partial charge in [-0.15, -0.1) is 0 Å². The Labute approximate surface area is 113 Å². The van der Waals surface area contributed by atoms with Crippen LogP contribution < -0.4 is 4.74 Å². The number of methoxy groups -OCH3 is 1. The summed E-state index contributed by atoms with van der Waals surface area (Å²) in [5.41, 5.74) is 0.328. The van der Waals surface area contributed by atoms with Crippen molar-refractivity contribution < 1.29 is 24.9 Å². The van der Waals surface area contributed by atoms with Gasteiger partial charge in [0.05, 0.1) is 18.8 Å². The number of benzene rings is 1. The van der Waals surface area contributed by atoms with E-state index in [0.29, 0.717) is 23.1 Å². The number of alkyl halides is 1. The van der Waals surface area contributed by atoms with Crippen LogP contribution in [0.2, 0.25) is 0 Å². The van der Waals surface area contributed by atoms with Crippen molar-refractivity contribution >= 4 is 21.9 Å². The normalized spacial score (nSPS) is 14.0. The molecule has 2 unspecified atom stereocenters. The third-order valence-electron chi connectivity index (χ3n) is 2.52. The molecule has 18 heavy (non-hydrogen) atoms. The van der Waals surface area contributed by atoms with Crippen LogP contribution in [0.1, 0.15) is 28.4 Å². The number of ether oxygens (including phenoxy) is 1. The highest BCUT2D eigenvalue weighted by molar-refractivity contribution is 9.09. The fourth-order valence-corrected chi connectivity index (χ4v) is 2.00. The molecule has 2 atom stereocenters. The van der Waals surface area contributed by atoms with Crippen molar-refractivity contribution in [1.29, 1.82) is 0 Å². The number of halogens is 1. The highest BCUT2D eigenvalue weighted by Gasteiger charge is 2.20. The highest BCUT2D eigenvalue weighted by atomic mass is 79.9. The molecule has 0 aliphatic heterocycles. The number of carboxylic acid groups (broad SMARTS) is 1. The van der Waals surface area contributed by atoms with Crippen LogP contribution in [0.15, 0.2) is 18.2 Å². The van der Waals surface area contributed by atoms with E-state index in [1.165, 1.54) is 25.3 Å². The van der Waals surface area contributed by atoms with Gasteiger partial charge in [0.15, 0.2) is 0 Å². The van der Waals surface area contributed by atoms with Crippen LogP contribution in [0.4, 0.5) is 0 Å². The minimum absolute atomic E-state index is 0.00874. The maximum atomic E-state index is 10.9. The monoisotopic (exact) mass is 318 g/mol. The first-order valence-corrected chi connectivity index (χ1v) is 6.46. The second-order valence-corrected chi connectivity index (χ2v) is 4.58. The lowest BCUT2D eigenvalue weighted by Gasteiger charge is -2.18. The largest absolute Gasteiger partial charge is 0.497 e. The summed E-state index contributed by atoms with van der Waals surface area (Å²) in [7, 11) is 1.41. The molecule has 0 aliphatic rings. The van der Waals surface area contributed by atoms with Gasteiger partial charge < -0.3 is 20.1 Å². The standard InChI is InChI=1S/C12H15BrO5/c1-18-9-5-7(4-8(6-9)12(16)17)11(15)10(14)2-3-13/h4-6,10-11,14-15H,2-3H2,1H3,(H,16,17). The molecular weight excluding hydrogens is 304 g/mol. The van der Waals surface area contributed by atoms with Crippen molar-refractivity contribution in [1.82, 2.24) is 0 Å². The Morgan fingerprint density at radius 3 is 2.56 bits per heavy atom. The zero-order valence-electron chi connectivity index (χ0n) is 9.84. The molecule has 100 valence electrons. The molecule has 0 aliphatic carbocycles. The lowest BCUT2D eigenvalue weighted by atomic mass is 10.00. The van der Waals surface area contributed by atoms with Gasteiger partial charge in [-0.05, 0) is 30.2 Å². The van der Waals surface area contributed by atoms with Crippen LogP contribution >= 0.6 is 15.9 Å². The number of rotatable bonds is 6. The van der Waals surface area contributed by atoms with Gasteiger partial charge in [-0.25, -0.2) is 4.79 Å². The maximum Gasteiger partial charge on any atom is 0.335 e. The number of aliphatic hydroxyl groups is 2. The average Bonchev–Trinajstić information content (AvgIpc) is 2.37. The summed E-state index contributed by atoms with van der Waals surface area (Å²) in [6.07, 6.45) is -1.74. The number of hydrogen-bond acceptors (Lipinski definition) is 4. The summed E-state index contributed by atoms with van der Waals surface area (Å²) in [6.45, 7) is 0. The van der Waals surface area contributed by atoms with Gasteiger partial charge in [-0.2, -0.15) is 0 Å². The Kier molecular flexibility index (Phi) is 5.58. The van der Waals surface area contributed by atoms with E-state index in [9.17, 15) is 15.0 Å². The van der Waals surface area contributed by atoms with E-state index in [4.69, 9.17) is 9.84 Å². The second kappa shape index (κ2) is 6.72. The summed E-state index contributed by atoms with van der Waals surface area (Å²) in [5, 5.41) is 29.1. The lowest BCUT2D eigenvalue weighted by Crippen LogP contribution is -2.19. The maximum absolute atomic E-state index is 10.9. The van der Waals surface area contributed by atoms with E-state index in [-0.39, 0.29) is 5.56 Å². The average molecular weight is 319 g/mol. The van der Waals surface area contributed by atoms with Crippen molar-refractivity contribution in [3.63, 3.8) is 0 Å². The Hall–Kier alpha value is -1.11. The molecule has 0 heterocycles. The third kappa shape index (κ3) is 3.69. The number of carbonyl (C=O) groups is 1. The van der Waals surface area contributed by atoms with Crippen molar-refractivity contribution in [3.05, 3.63) is 29.3 Å². The number of aliphatic hydroxyl groups excluding tert-OH is 2. The van der Waals surface area contributed by atoms with E-state index in [1.54, 1.807) is 0 Å². The molecule has 3 N–H and O–H groups in total. The smallest absolute Gasteiger partial charge is 0.335 e. The quantitative estimate of drug-likeness (QED) is 0.693. The summed E-state index contributed by atoms with van der Waals surface area (Å²) in [4.78, 5) is 10.9. The summed E-state index contributed by atoms with van der Waals surface area (Å²) in [5.74, 6) is -0.785. The van der Waals surface area contributed by atoms with E-state index >= 15 is 0 Å². The molecular formula is C12H15BrO5. The van der Waals surface area contributed by atoms with Gasteiger partial charge in [-0.1, -0.05) is 15.9 Å². The van der Waals surface area contributed by atoms with Crippen molar-refractivity contribution in [2.75, 3.05) is 12.4 Å². The van der Waals surface area contributed by atoms with Crippen LogP contribution in [0.5, 0.6) is 5.75 Å². The van der Waals surface area contributed by atoms with Gasteiger partial charge in [-0.3, -0.25) is 0 Å². The zero-order chi connectivity index (χ0) is 13.7. The number of carboxylic acids is 1. The fourth-order valence-electron chi connectivity index (χ4n) is 1.53. The van der Waals surface area contributed by atoms with E-state index in [0.717, 1.165) is 0 Å². The zero-order valence-corrected chi connectivity index (χ0v) is 11.4. The Morgan fingerprint density at radius 1 is 1.39 bits per heavy atom.